The monoisotopic (exact) mass is 342 g/mol. The summed E-state index contributed by atoms with van der Waals surface area (Å²) in [6.07, 6.45) is 3.51. The maximum atomic E-state index is 12.9. The van der Waals surface area contributed by atoms with Gasteiger partial charge in [-0.3, -0.25) is 4.79 Å². The van der Waals surface area contributed by atoms with E-state index in [1.54, 1.807) is 0 Å². The quantitative estimate of drug-likeness (QED) is 0.911. The summed E-state index contributed by atoms with van der Waals surface area (Å²) in [5.74, 6) is 3.94. The Morgan fingerprint density at radius 1 is 1.36 bits per heavy atom. The van der Waals surface area contributed by atoms with Crippen molar-refractivity contribution in [2.75, 3.05) is 0 Å². The smallest absolute Gasteiger partial charge is 0.225 e. The van der Waals surface area contributed by atoms with Crippen LogP contribution in [0.3, 0.4) is 0 Å². The van der Waals surface area contributed by atoms with Gasteiger partial charge in [0.05, 0.1) is 12.0 Å². The van der Waals surface area contributed by atoms with Crippen LogP contribution in [0.5, 0.6) is 0 Å². The minimum absolute atomic E-state index is 0.0244. The Morgan fingerprint density at radius 3 is 2.96 bits per heavy atom. The number of furan rings is 1. The van der Waals surface area contributed by atoms with Gasteiger partial charge in [0.1, 0.15) is 23.2 Å². The lowest BCUT2D eigenvalue weighted by atomic mass is 9.74. The highest BCUT2D eigenvalue weighted by Crippen LogP contribution is 2.42. The molecule has 6 heteroatoms. The topological polar surface area (TPSA) is 73.0 Å². The van der Waals surface area contributed by atoms with E-state index in [2.05, 4.69) is 40.0 Å². The van der Waals surface area contributed by atoms with Crippen LogP contribution < -0.4 is 5.32 Å². The number of nitrogens with zero attached hydrogens (tertiary/aromatic N) is 3. The molecule has 0 spiro atoms. The van der Waals surface area contributed by atoms with Gasteiger partial charge in [-0.05, 0) is 38.2 Å². The van der Waals surface area contributed by atoms with E-state index in [0.29, 0.717) is 6.54 Å². The Labute approximate surface area is 148 Å². The first-order valence-corrected chi connectivity index (χ1v) is 9.11. The summed E-state index contributed by atoms with van der Waals surface area (Å²) in [6.45, 7) is 9.07. The van der Waals surface area contributed by atoms with E-state index in [4.69, 9.17) is 4.42 Å². The molecule has 2 atom stereocenters. The number of nitrogens with one attached hydrogen (secondary N) is 1. The molecule has 2 aliphatic rings. The summed E-state index contributed by atoms with van der Waals surface area (Å²) in [5.41, 5.74) is 1.28. The molecule has 0 fully saturated rings. The van der Waals surface area contributed by atoms with Gasteiger partial charge < -0.3 is 14.3 Å². The van der Waals surface area contributed by atoms with E-state index in [0.717, 1.165) is 54.4 Å². The van der Waals surface area contributed by atoms with Crippen molar-refractivity contribution in [3.63, 3.8) is 0 Å². The van der Waals surface area contributed by atoms with Gasteiger partial charge in [0.15, 0.2) is 0 Å². The normalized spacial score (nSPS) is 24.5. The molecule has 1 aliphatic carbocycles. The average Bonchev–Trinajstić information content (AvgIpc) is 3.08. The van der Waals surface area contributed by atoms with Gasteiger partial charge in [-0.1, -0.05) is 13.8 Å². The molecule has 0 saturated carbocycles. The van der Waals surface area contributed by atoms with Gasteiger partial charge in [0, 0.05) is 24.9 Å². The molecule has 2 aromatic heterocycles. The zero-order valence-electron chi connectivity index (χ0n) is 15.4. The molecule has 0 radical (unpaired) electrons. The highest BCUT2D eigenvalue weighted by atomic mass is 16.3. The predicted octanol–water partition coefficient (Wildman–Crippen LogP) is 2.88. The molecule has 0 unspecified atom stereocenters. The third kappa shape index (κ3) is 2.98. The van der Waals surface area contributed by atoms with E-state index in [9.17, 15) is 4.79 Å². The van der Waals surface area contributed by atoms with Gasteiger partial charge in [-0.2, -0.15) is 0 Å². The molecular weight excluding hydrogens is 316 g/mol. The molecule has 4 rings (SSSR count). The number of fused-ring (bicyclic) bond motifs is 2. The van der Waals surface area contributed by atoms with Crippen LogP contribution in [0.4, 0.5) is 0 Å². The van der Waals surface area contributed by atoms with E-state index in [-0.39, 0.29) is 23.3 Å². The average molecular weight is 342 g/mol. The number of aryl methyl sites for hydroxylation is 3. The van der Waals surface area contributed by atoms with Crippen molar-refractivity contribution in [2.24, 2.45) is 11.3 Å². The molecule has 134 valence electrons. The van der Waals surface area contributed by atoms with Crippen molar-refractivity contribution < 1.29 is 9.21 Å². The van der Waals surface area contributed by atoms with Crippen LogP contribution in [-0.4, -0.2) is 20.7 Å². The van der Waals surface area contributed by atoms with Crippen LogP contribution in [0.25, 0.3) is 0 Å². The summed E-state index contributed by atoms with van der Waals surface area (Å²) in [4.78, 5) is 12.9. The fourth-order valence-electron chi connectivity index (χ4n) is 4.28. The van der Waals surface area contributed by atoms with Crippen molar-refractivity contribution in [1.82, 2.24) is 20.1 Å². The van der Waals surface area contributed by atoms with Crippen LogP contribution in [0.15, 0.2) is 10.5 Å². The third-order valence-corrected chi connectivity index (χ3v) is 5.56. The van der Waals surface area contributed by atoms with Crippen LogP contribution in [-0.2, 0) is 24.2 Å². The standard InChI is InChI=1S/C19H26N4O2/c1-11-7-14-15(8-19(3,4)9-16(14)25-11)20-18(24)13-5-6-17-22-21-12(2)23(17)10-13/h7,13,15H,5-6,8-10H2,1-4H3,(H,20,24)/t13-,15+/m1/s1. The van der Waals surface area contributed by atoms with Crippen LogP contribution in [0.2, 0.25) is 0 Å². The van der Waals surface area contributed by atoms with Gasteiger partial charge >= 0.3 is 0 Å². The first-order chi connectivity index (χ1) is 11.8. The fourth-order valence-corrected chi connectivity index (χ4v) is 4.28. The number of rotatable bonds is 2. The Morgan fingerprint density at radius 2 is 2.16 bits per heavy atom. The first kappa shape index (κ1) is 16.4. The van der Waals surface area contributed by atoms with Crippen molar-refractivity contribution >= 4 is 5.91 Å². The fraction of sp³-hybridized carbons (Fsp3) is 0.632. The molecule has 1 aliphatic heterocycles. The minimum Gasteiger partial charge on any atom is -0.466 e. The molecule has 0 saturated heterocycles. The third-order valence-electron chi connectivity index (χ3n) is 5.56. The molecule has 1 amide bonds. The van der Waals surface area contributed by atoms with E-state index in [1.165, 1.54) is 0 Å². The lowest BCUT2D eigenvalue weighted by Gasteiger charge is -2.35. The molecular formula is C19H26N4O2. The van der Waals surface area contributed by atoms with Crippen molar-refractivity contribution in [3.8, 4) is 0 Å². The summed E-state index contributed by atoms with van der Waals surface area (Å²) >= 11 is 0. The molecule has 1 N–H and O–H groups in total. The molecule has 0 aromatic carbocycles. The second kappa shape index (κ2) is 5.71. The van der Waals surface area contributed by atoms with Crippen molar-refractivity contribution in [1.29, 1.82) is 0 Å². The second-order valence-electron chi connectivity index (χ2n) is 8.35. The molecule has 6 nitrogen and oxygen atoms in total. The molecule has 25 heavy (non-hydrogen) atoms. The number of aromatic nitrogens is 3. The Balaban J connectivity index is 1.52. The van der Waals surface area contributed by atoms with Gasteiger partial charge in [0.2, 0.25) is 5.91 Å². The molecule has 3 heterocycles. The Kier molecular flexibility index (Phi) is 3.74. The SMILES string of the molecule is Cc1cc2c(o1)CC(C)(C)C[C@@H]2NC(=O)[C@@H]1CCc2nnc(C)n2C1. The summed E-state index contributed by atoms with van der Waals surface area (Å²) < 4.78 is 7.95. The maximum absolute atomic E-state index is 12.9. The van der Waals surface area contributed by atoms with E-state index >= 15 is 0 Å². The van der Waals surface area contributed by atoms with Gasteiger partial charge in [-0.25, -0.2) is 0 Å². The van der Waals surface area contributed by atoms with Crippen LogP contribution >= 0.6 is 0 Å². The second-order valence-corrected chi connectivity index (χ2v) is 8.35. The molecule has 2 aromatic rings. The molecule has 0 bridgehead atoms. The Hall–Kier alpha value is -2.11. The van der Waals surface area contributed by atoms with E-state index in [1.807, 2.05) is 13.8 Å². The summed E-state index contributed by atoms with van der Waals surface area (Å²) in [7, 11) is 0. The maximum Gasteiger partial charge on any atom is 0.225 e. The first-order valence-electron chi connectivity index (χ1n) is 9.11. The number of amides is 1. The predicted molar refractivity (Wildman–Crippen MR) is 93.0 cm³/mol. The van der Waals surface area contributed by atoms with Crippen LogP contribution in [0.1, 0.15) is 61.5 Å². The Bertz CT molecular complexity index is 818. The zero-order valence-corrected chi connectivity index (χ0v) is 15.4. The van der Waals surface area contributed by atoms with Crippen molar-refractivity contribution in [3.05, 3.63) is 34.8 Å². The van der Waals surface area contributed by atoms with Crippen LogP contribution in [0, 0.1) is 25.2 Å². The summed E-state index contributed by atoms with van der Waals surface area (Å²) in [5, 5.41) is 11.6. The highest BCUT2D eigenvalue weighted by molar-refractivity contribution is 5.79. The largest absolute Gasteiger partial charge is 0.466 e. The lowest BCUT2D eigenvalue weighted by molar-refractivity contribution is -0.127. The summed E-state index contributed by atoms with van der Waals surface area (Å²) in [6, 6.07) is 2.12. The highest BCUT2D eigenvalue weighted by Gasteiger charge is 2.37. The number of hydrogen-bond donors (Lipinski definition) is 1. The number of hydrogen-bond acceptors (Lipinski definition) is 4. The van der Waals surface area contributed by atoms with Gasteiger partial charge in [-0.15, -0.1) is 10.2 Å². The zero-order chi connectivity index (χ0) is 17.8. The number of carbonyl (C=O) groups is 1. The minimum atomic E-state index is -0.0244. The van der Waals surface area contributed by atoms with Gasteiger partial charge in [0.25, 0.3) is 0 Å². The lowest BCUT2D eigenvalue weighted by Crippen LogP contribution is -2.41. The van der Waals surface area contributed by atoms with Crippen molar-refractivity contribution in [2.45, 2.75) is 66.0 Å². The van der Waals surface area contributed by atoms with E-state index < -0.39 is 0 Å². The number of carbonyl (C=O) groups excluding carboxylic acids is 1.